The lowest BCUT2D eigenvalue weighted by molar-refractivity contribution is -0.117. The zero-order valence-electron chi connectivity index (χ0n) is 8.82. The molecule has 1 atom stereocenters. The van der Waals surface area contributed by atoms with Gasteiger partial charge in [0.25, 0.3) is 0 Å². The molecule has 1 saturated heterocycles. The van der Waals surface area contributed by atoms with E-state index in [9.17, 15) is 4.79 Å². The van der Waals surface area contributed by atoms with Crippen molar-refractivity contribution in [3.63, 3.8) is 0 Å². The number of benzene rings is 1. The fourth-order valence-electron chi connectivity index (χ4n) is 1.93. The highest BCUT2D eigenvalue weighted by molar-refractivity contribution is 6.34. The standard InChI is InChI=1S/C12H13ClN2O/c1-2-8-6-11(16)15(7-8)12-9(13)4-3-5-10(12)14/h2-5,8H,1,6-7,14H2. The third-order valence-corrected chi connectivity index (χ3v) is 3.08. The van der Waals surface area contributed by atoms with Crippen LogP contribution in [-0.2, 0) is 4.79 Å². The number of hydrogen-bond acceptors (Lipinski definition) is 2. The smallest absolute Gasteiger partial charge is 0.227 e. The van der Waals surface area contributed by atoms with Crippen molar-refractivity contribution in [2.75, 3.05) is 17.2 Å². The van der Waals surface area contributed by atoms with Crippen LogP contribution in [-0.4, -0.2) is 12.5 Å². The van der Waals surface area contributed by atoms with E-state index in [0.717, 1.165) is 0 Å². The molecule has 0 aliphatic carbocycles. The summed E-state index contributed by atoms with van der Waals surface area (Å²) in [6, 6.07) is 5.25. The van der Waals surface area contributed by atoms with Crippen molar-refractivity contribution in [1.82, 2.24) is 0 Å². The molecule has 1 fully saturated rings. The van der Waals surface area contributed by atoms with Crippen LogP contribution in [0.4, 0.5) is 11.4 Å². The number of carbonyl (C=O) groups is 1. The molecule has 84 valence electrons. The van der Waals surface area contributed by atoms with E-state index in [1.807, 2.05) is 0 Å². The minimum absolute atomic E-state index is 0.0460. The molecular formula is C12H13ClN2O. The summed E-state index contributed by atoms with van der Waals surface area (Å²) >= 11 is 6.07. The fourth-order valence-corrected chi connectivity index (χ4v) is 2.21. The molecule has 1 unspecified atom stereocenters. The van der Waals surface area contributed by atoms with Crippen molar-refractivity contribution in [1.29, 1.82) is 0 Å². The van der Waals surface area contributed by atoms with Crippen LogP contribution in [0.1, 0.15) is 6.42 Å². The predicted octanol–water partition coefficient (Wildman–Crippen LogP) is 2.46. The summed E-state index contributed by atoms with van der Waals surface area (Å²) in [5, 5.41) is 0.512. The summed E-state index contributed by atoms with van der Waals surface area (Å²) in [5.74, 6) is 0.230. The van der Waals surface area contributed by atoms with Gasteiger partial charge in [0.1, 0.15) is 0 Å². The molecule has 1 aromatic rings. The van der Waals surface area contributed by atoms with Crippen LogP contribution < -0.4 is 10.6 Å². The fraction of sp³-hybridized carbons (Fsp3) is 0.250. The molecule has 4 heteroatoms. The molecule has 0 radical (unpaired) electrons. The molecule has 0 spiro atoms. The van der Waals surface area contributed by atoms with Gasteiger partial charge in [-0.1, -0.05) is 23.7 Å². The summed E-state index contributed by atoms with van der Waals surface area (Å²) in [4.78, 5) is 13.5. The second-order valence-electron chi connectivity index (χ2n) is 3.88. The number of nitrogens with zero attached hydrogens (tertiary/aromatic N) is 1. The molecule has 1 aromatic carbocycles. The third kappa shape index (κ3) is 1.78. The lowest BCUT2D eigenvalue weighted by atomic mass is 10.1. The van der Waals surface area contributed by atoms with Crippen LogP contribution in [0.15, 0.2) is 30.9 Å². The highest BCUT2D eigenvalue weighted by Gasteiger charge is 2.30. The summed E-state index contributed by atoms with van der Waals surface area (Å²) in [6.45, 7) is 4.31. The van der Waals surface area contributed by atoms with E-state index in [1.54, 1.807) is 29.2 Å². The number of carbonyl (C=O) groups excluding carboxylic acids is 1. The summed E-state index contributed by atoms with van der Waals surface area (Å²) in [6.07, 6.45) is 2.28. The van der Waals surface area contributed by atoms with Crippen LogP contribution in [0, 0.1) is 5.92 Å². The second kappa shape index (κ2) is 4.18. The largest absolute Gasteiger partial charge is 0.397 e. The van der Waals surface area contributed by atoms with Gasteiger partial charge in [0, 0.05) is 18.9 Å². The van der Waals surface area contributed by atoms with Gasteiger partial charge < -0.3 is 10.6 Å². The molecule has 2 N–H and O–H groups in total. The van der Waals surface area contributed by atoms with E-state index >= 15 is 0 Å². The molecule has 1 aliphatic rings. The maximum atomic E-state index is 11.8. The number of rotatable bonds is 2. The Morgan fingerprint density at radius 1 is 1.56 bits per heavy atom. The Morgan fingerprint density at radius 3 is 2.88 bits per heavy atom. The van der Waals surface area contributed by atoms with Crippen molar-refractivity contribution in [3.05, 3.63) is 35.9 Å². The Hall–Kier alpha value is -1.48. The van der Waals surface area contributed by atoms with Crippen molar-refractivity contribution in [2.45, 2.75) is 6.42 Å². The van der Waals surface area contributed by atoms with Gasteiger partial charge in [0.2, 0.25) is 5.91 Å². The molecular weight excluding hydrogens is 224 g/mol. The van der Waals surface area contributed by atoms with Gasteiger partial charge in [-0.2, -0.15) is 0 Å². The van der Waals surface area contributed by atoms with Gasteiger partial charge in [0.15, 0.2) is 0 Å². The van der Waals surface area contributed by atoms with Crippen molar-refractivity contribution < 1.29 is 4.79 Å². The first-order chi connectivity index (χ1) is 7.63. The SMILES string of the molecule is C=CC1CC(=O)N(c2c(N)cccc2Cl)C1. The molecule has 1 amide bonds. The molecule has 0 aromatic heterocycles. The number of hydrogen-bond donors (Lipinski definition) is 1. The molecule has 0 bridgehead atoms. The van der Waals surface area contributed by atoms with E-state index in [1.165, 1.54) is 0 Å². The lowest BCUT2D eigenvalue weighted by Crippen LogP contribution is -2.25. The van der Waals surface area contributed by atoms with Crippen LogP contribution in [0.25, 0.3) is 0 Å². The minimum atomic E-state index is 0.0460. The first kappa shape index (κ1) is 11.0. The highest BCUT2D eigenvalue weighted by atomic mass is 35.5. The van der Waals surface area contributed by atoms with E-state index in [-0.39, 0.29) is 11.8 Å². The van der Waals surface area contributed by atoms with Crippen molar-refractivity contribution in [3.8, 4) is 0 Å². The maximum Gasteiger partial charge on any atom is 0.227 e. The van der Waals surface area contributed by atoms with Gasteiger partial charge in [-0.05, 0) is 12.1 Å². The molecule has 1 heterocycles. The van der Waals surface area contributed by atoms with E-state index < -0.39 is 0 Å². The average Bonchev–Trinajstić information content (AvgIpc) is 2.60. The minimum Gasteiger partial charge on any atom is -0.397 e. The van der Waals surface area contributed by atoms with Gasteiger partial charge >= 0.3 is 0 Å². The average molecular weight is 237 g/mol. The third-order valence-electron chi connectivity index (χ3n) is 2.78. The number of halogens is 1. The Labute approximate surface area is 99.5 Å². The van der Waals surface area contributed by atoms with Crippen molar-refractivity contribution >= 4 is 28.9 Å². The molecule has 3 nitrogen and oxygen atoms in total. The first-order valence-corrected chi connectivity index (χ1v) is 5.48. The lowest BCUT2D eigenvalue weighted by Gasteiger charge is -2.19. The molecule has 0 saturated carbocycles. The second-order valence-corrected chi connectivity index (χ2v) is 4.29. The summed E-state index contributed by atoms with van der Waals surface area (Å²) in [5.41, 5.74) is 7.00. The number of anilines is 2. The Morgan fingerprint density at radius 2 is 2.31 bits per heavy atom. The molecule has 2 rings (SSSR count). The van der Waals surface area contributed by atoms with Crippen LogP contribution in [0.5, 0.6) is 0 Å². The van der Waals surface area contributed by atoms with Crippen LogP contribution >= 0.6 is 11.6 Å². The van der Waals surface area contributed by atoms with Gasteiger partial charge in [-0.15, -0.1) is 6.58 Å². The van der Waals surface area contributed by atoms with Gasteiger partial charge in [-0.25, -0.2) is 0 Å². The topological polar surface area (TPSA) is 46.3 Å². The maximum absolute atomic E-state index is 11.8. The van der Waals surface area contributed by atoms with E-state index in [2.05, 4.69) is 6.58 Å². The summed E-state index contributed by atoms with van der Waals surface area (Å²) in [7, 11) is 0. The summed E-state index contributed by atoms with van der Waals surface area (Å²) < 4.78 is 0. The zero-order valence-corrected chi connectivity index (χ0v) is 9.57. The predicted molar refractivity (Wildman–Crippen MR) is 66.5 cm³/mol. The van der Waals surface area contributed by atoms with E-state index in [0.29, 0.717) is 29.4 Å². The van der Waals surface area contributed by atoms with E-state index in [4.69, 9.17) is 17.3 Å². The highest BCUT2D eigenvalue weighted by Crippen LogP contribution is 2.35. The quantitative estimate of drug-likeness (QED) is 0.633. The molecule has 16 heavy (non-hydrogen) atoms. The number of amides is 1. The zero-order chi connectivity index (χ0) is 11.7. The number of nitrogens with two attached hydrogens (primary N) is 1. The van der Waals surface area contributed by atoms with Crippen LogP contribution in [0.2, 0.25) is 5.02 Å². The van der Waals surface area contributed by atoms with Crippen LogP contribution in [0.3, 0.4) is 0 Å². The Balaban J connectivity index is 2.38. The Bertz CT molecular complexity index is 424. The molecule has 1 aliphatic heterocycles. The number of nitrogen functional groups attached to an aromatic ring is 1. The Kier molecular flexibility index (Phi) is 2.88. The monoisotopic (exact) mass is 236 g/mol. The number of para-hydroxylation sites is 1. The normalized spacial score (nSPS) is 20.2. The van der Waals surface area contributed by atoms with Gasteiger partial charge in [-0.3, -0.25) is 4.79 Å². The first-order valence-electron chi connectivity index (χ1n) is 5.10. The van der Waals surface area contributed by atoms with Gasteiger partial charge in [0.05, 0.1) is 16.4 Å². The van der Waals surface area contributed by atoms with Crippen molar-refractivity contribution in [2.24, 2.45) is 5.92 Å².